The number of amides is 1. The van der Waals surface area contributed by atoms with E-state index in [4.69, 9.17) is 20.8 Å². The number of halogens is 1. The van der Waals surface area contributed by atoms with Crippen LogP contribution in [-0.4, -0.2) is 17.5 Å². The van der Waals surface area contributed by atoms with Crippen LogP contribution in [0, 0.1) is 0 Å². The molecule has 0 unspecified atom stereocenters. The van der Waals surface area contributed by atoms with Gasteiger partial charge in [-0.2, -0.15) is 4.98 Å². The first kappa shape index (κ1) is 14.2. The molecule has 1 aromatic heterocycles. The van der Waals surface area contributed by atoms with E-state index < -0.39 is 0 Å². The van der Waals surface area contributed by atoms with Crippen molar-refractivity contribution >= 4 is 34.6 Å². The van der Waals surface area contributed by atoms with E-state index in [-0.39, 0.29) is 18.5 Å². The molecule has 0 spiro atoms. The van der Waals surface area contributed by atoms with Crippen molar-refractivity contribution in [1.29, 1.82) is 0 Å². The Morgan fingerprint density at radius 2 is 1.95 bits per heavy atom. The molecule has 0 saturated carbocycles. The van der Waals surface area contributed by atoms with E-state index >= 15 is 0 Å². The lowest BCUT2D eigenvalue weighted by molar-refractivity contribution is -0.122. The molecular weight excluding hydrogens is 306 g/mol. The van der Waals surface area contributed by atoms with Gasteiger partial charge in [-0.15, -0.1) is 0 Å². The number of nitrogens with one attached hydrogen (secondary N) is 2. The predicted molar refractivity (Wildman–Crippen MR) is 82.7 cm³/mol. The van der Waals surface area contributed by atoms with E-state index in [1.165, 1.54) is 0 Å². The monoisotopic (exact) mass is 317 g/mol. The lowest BCUT2D eigenvalue weighted by Crippen LogP contribution is -2.33. The molecule has 0 aliphatic carbocycles. The zero-order valence-corrected chi connectivity index (χ0v) is 12.1. The second kappa shape index (κ2) is 6.36. The van der Waals surface area contributed by atoms with Crippen LogP contribution in [0.5, 0.6) is 5.75 Å². The number of carbonyl (C=O) groups excluding carboxylic acids is 1. The molecule has 22 heavy (non-hydrogen) atoms. The fraction of sp³-hybridized carbons (Fsp3) is 0.0667. The van der Waals surface area contributed by atoms with Crippen LogP contribution in [0.2, 0.25) is 5.02 Å². The number of fused-ring (bicyclic) bond motifs is 1. The summed E-state index contributed by atoms with van der Waals surface area (Å²) in [5, 5.41) is 0.606. The zero-order valence-electron chi connectivity index (χ0n) is 11.4. The van der Waals surface area contributed by atoms with Gasteiger partial charge in [0.1, 0.15) is 11.3 Å². The Morgan fingerprint density at radius 1 is 1.18 bits per heavy atom. The van der Waals surface area contributed by atoms with Crippen LogP contribution < -0.4 is 15.6 Å². The molecular formula is C15H12ClN3O3. The summed E-state index contributed by atoms with van der Waals surface area (Å²) in [6.45, 7) is -0.144. The molecule has 0 fully saturated rings. The number of carbonyl (C=O) groups is 1. The van der Waals surface area contributed by atoms with Gasteiger partial charge in [0.2, 0.25) is 0 Å². The van der Waals surface area contributed by atoms with Gasteiger partial charge in [0, 0.05) is 5.02 Å². The van der Waals surface area contributed by atoms with Crippen molar-refractivity contribution in [3.63, 3.8) is 0 Å². The Morgan fingerprint density at radius 3 is 2.73 bits per heavy atom. The normalized spacial score (nSPS) is 10.4. The van der Waals surface area contributed by atoms with Crippen LogP contribution in [0.25, 0.3) is 11.1 Å². The van der Waals surface area contributed by atoms with Crippen LogP contribution in [-0.2, 0) is 4.79 Å². The van der Waals surface area contributed by atoms with Gasteiger partial charge in [-0.25, -0.2) is 0 Å². The van der Waals surface area contributed by atoms with Gasteiger partial charge in [-0.05, 0) is 36.4 Å². The van der Waals surface area contributed by atoms with Gasteiger partial charge in [-0.1, -0.05) is 23.7 Å². The van der Waals surface area contributed by atoms with E-state index in [1.54, 1.807) is 30.3 Å². The summed E-state index contributed by atoms with van der Waals surface area (Å²) in [5.41, 5.74) is 6.39. The number of para-hydroxylation sites is 2. The SMILES string of the molecule is O=C(COc1ccc(Cl)cc1)NNc1nc2ccccc2o1. The third-order valence-corrected chi connectivity index (χ3v) is 3.04. The molecule has 0 saturated heterocycles. The maximum Gasteiger partial charge on any atom is 0.315 e. The summed E-state index contributed by atoms with van der Waals surface area (Å²) in [4.78, 5) is 15.8. The summed E-state index contributed by atoms with van der Waals surface area (Å²) in [7, 11) is 0. The summed E-state index contributed by atoms with van der Waals surface area (Å²) in [6.07, 6.45) is 0. The molecule has 0 aliphatic heterocycles. The Hall–Kier alpha value is -2.73. The first-order valence-corrected chi connectivity index (χ1v) is 6.87. The second-order valence-electron chi connectivity index (χ2n) is 4.40. The first-order chi connectivity index (χ1) is 10.7. The minimum absolute atomic E-state index is 0.144. The molecule has 6 nitrogen and oxygen atoms in total. The van der Waals surface area contributed by atoms with Crippen molar-refractivity contribution in [3.05, 3.63) is 53.6 Å². The lowest BCUT2D eigenvalue weighted by atomic mass is 10.3. The summed E-state index contributed by atoms with van der Waals surface area (Å²) >= 11 is 5.76. The van der Waals surface area contributed by atoms with Gasteiger partial charge in [0.05, 0.1) is 0 Å². The summed E-state index contributed by atoms with van der Waals surface area (Å²) < 4.78 is 10.7. The quantitative estimate of drug-likeness (QED) is 0.707. The number of hydrogen-bond acceptors (Lipinski definition) is 5. The number of hydrazine groups is 1. The van der Waals surface area contributed by atoms with Crippen molar-refractivity contribution < 1.29 is 13.9 Å². The molecule has 7 heteroatoms. The van der Waals surface area contributed by atoms with Crippen LogP contribution in [0.1, 0.15) is 0 Å². The van der Waals surface area contributed by atoms with Crippen molar-refractivity contribution in [2.75, 3.05) is 12.0 Å². The number of hydrogen-bond donors (Lipinski definition) is 2. The van der Waals surface area contributed by atoms with Gasteiger partial charge in [0.25, 0.3) is 5.91 Å². The number of ether oxygens (including phenoxy) is 1. The van der Waals surface area contributed by atoms with Crippen LogP contribution >= 0.6 is 11.6 Å². The van der Waals surface area contributed by atoms with E-state index in [9.17, 15) is 4.79 Å². The Labute approximate surface area is 131 Å². The van der Waals surface area contributed by atoms with Crippen molar-refractivity contribution in [2.45, 2.75) is 0 Å². The zero-order chi connectivity index (χ0) is 15.4. The Kier molecular flexibility index (Phi) is 4.11. The molecule has 2 aromatic carbocycles. The summed E-state index contributed by atoms with van der Waals surface area (Å²) in [6, 6.07) is 14.3. The van der Waals surface area contributed by atoms with Gasteiger partial charge < -0.3 is 9.15 Å². The number of anilines is 1. The molecule has 3 rings (SSSR count). The van der Waals surface area contributed by atoms with Gasteiger partial charge in [0.15, 0.2) is 12.2 Å². The molecule has 1 amide bonds. The average molecular weight is 318 g/mol. The number of aromatic nitrogens is 1. The second-order valence-corrected chi connectivity index (χ2v) is 4.84. The van der Waals surface area contributed by atoms with Crippen LogP contribution in [0.4, 0.5) is 6.01 Å². The fourth-order valence-electron chi connectivity index (χ4n) is 1.76. The Bertz CT molecular complexity index is 753. The number of nitrogens with zero attached hydrogens (tertiary/aromatic N) is 1. The van der Waals surface area contributed by atoms with Gasteiger partial charge >= 0.3 is 6.01 Å². The topological polar surface area (TPSA) is 76.4 Å². The number of rotatable bonds is 5. The van der Waals surface area contributed by atoms with Gasteiger partial charge in [-0.3, -0.25) is 15.6 Å². The maximum atomic E-state index is 11.7. The standard InChI is InChI=1S/C15H12ClN3O3/c16-10-5-7-11(8-6-10)21-9-14(20)18-19-15-17-12-3-1-2-4-13(12)22-15/h1-8H,9H2,(H,17,19)(H,18,20). The highest BCUT2D eigenvalue weighted by molar-refractivity contribution is 6.30. The summed E-state index contributed by atoms with van der Waals surface area (Å²) in [5.74, 6) is 0.193. The molecule has 3 aromatic rings. The van der Waals surface area contributed by atoms with E-state index in [2.05, 4.69) is 15.8 Å². The number of oxazole rings is 1. The molecule has 0 aliphatic rings. The average Bonchev–Trinajstić information content (AvgIpc) is 2.95. The molecule has 112 valence electrons. The minimum atomic E-state index is -0.364. The fourth-order valence-corrected chi connectivity index (χ4v) is 1.89. The third kappa shape index (κ3) is 3.48. The predicted octanol–water partition coefficient (Wildman–Crippen LogP) is 3.00. The molecule has 1 heterocycles. The van der Waals surface area contributed by atoms with Crippen LogP contribution in [0.15, 0.2) is 52.9 Å². The molecule has 2 N–H and O–H groups in total. The first-order valence-electron chi connectivity index (χ1n) is 6.49. The maximum absolute atomic E-state index is 11.7. The highest BCUT2D eigenvalue weighted by Gasteiger charge is 2.07. The van der Waals surface area contributed by atoms with Crippen molar-refractivity contribution in [1.82, 2.24) is 10.4 Å². The number of benzene rings is 2. The smallest absolute Gasteiger partial charge is 0.315 e. The van der Waals surface area contributed by atoms with Crippen molar-refractivity contribution in [3.8, 4) is 5.75 Å². The van der Waals surface area contributed by atoms with Crippen molar-refractivity contribution in [2.24, 2.45) is 0 Å². The minimum Gasteiger partial charge on any atom is -0.484 e. The van der Waals surface area contributed by atoms with E-state index in [0.717, 1.165) is 0 Å². The lowest BCUT2D eigenvalue weighted by Gasteiger charge is -2.07. The van der Waals surface area contributed by atoms with E-state index in [0.29, 0.717) is 21.9 Å². The Balaban J connectivity index is 1.50. The largest absolute Gasteiger partial charge is 0.484 e. The highest BCUT2D eigenvalue weighted by atomic mass is 35.5. The molecule has 0 atom stereocenters. The molecule has 0 radical (unpaired) electrons. The molecule has 0 bridgehead atoms. The third-order valence-electron chi connectivity index (χ3n) is 2.79. The highest BCUT2D eigenvalue weighted by Crippen LogP contribution is 2.17. The van der Waals surface area contributed by atoms with E-state index in [1.807, 2.05) is 18.2 Å². The van der Waals surface area contributed by atoms with Crippen LogP contribution in [0.3, 0.4) is 0 Å².